The normalized spacial score (nSPS) is 27.5. The van der Waals surface area contributed by atoms with Gasteiger partial charge < -0.3 is 43.7 Å². The summed E-state index contributed by atoms with van der Waals surface area (Å²) in [5.41, 5.74) is 5.26. The molecule has 2 saturated carbocycles. The van der Waals surface area contributed by atoms with E-state index in [9.17, 15) is 10.5 Å². The predicted octanol–water partition coefficient (Wildman–Crippen LogP) is 6.03. The van der Waals surface area contributed by atoms with Gasteiger partial charge >= 0.3 is 0 Å². The zero-order valence-corrected chi connectivity index (χ0v) is 38.9. The Labute approximate surface area is 399 Å². The minimum Gasteiger partial charge on any atom is -0.494 e. The molecule has 6 fully saturated rings. The Kier molecular flexibility index (Phi) is 11.4. The largest absolute Gasteiger partial charge is 0.494 e. The highest BCUT2D eigenvalue weighted by atomic mass is 16.5. The van der Waals surface area contributed by atoms with Crippen LogP contribution in [0.25, 0.3) is 11.0 Å². The molecule has 6 aliphatic rings. The fourth-order valence-electron chi connectivity index (χ4n) is 11.7. The van der Waals surface area contributed by atoms with Crippen LogP contribution in [0.5, 0.6) is 17.2 Å². The maximum absolute atomic E-state index is 10.1. The number of aromatic nitrogens is 8. The first kappa shape index (κ1) is 43.3. The topological polar surface area (TPSA) is 202 Å². The third kappa shape index (κ3) is 8.52. The molecule has 6 aromatic rings. The smallest absolute Gasteiger partial charge is 0.226 e. The summed E-state index contributed by atoms with van der Waals surface area (Å²) in [6.45, 7) is 4.93. The summed E-state index contributed by atoms with van der Waals surface area (Å²) >= 11 is 0. The quantitative estimate of drug-likeness (QED) is 0.149. The molecular weight excluding hydrogens is 877 g/mol. The number of morpholine rings is 2. The summed E-state index contributed by atoms with van der Waals surface area (Å²) < 4.78 is 35.8. The van der Waals surface area contributed by atoms with Gasteiger partial charge in [0.1, 0.15) is 51.6 Å². The van der Waals surface area contributed by atoms with Crippen molar-refractivity contribution in [3.05, 3.63) is 78.3 Å². The number of aryl methyl sites for hydroxylation is 1. The van der Waals surface area contributed by atoms with E-state index in [4.69, 9.17) is 33.7 Å². The van der Waals surface area contributed by atoms with Crippen LogP contribution >= 0.6 is 0 Å². The summed E-state index contributed by atoms with van der Waals surface area (Å²) in [5.74, 6) is 3.41. The Bertz CT molecular complexity index is 2890. The molecule has 0 radical (unpaired) electrons. The molecule has 10 heterocycles. The van der Waals surface area contributed by atoms with Gasteiger partial charge in [-0.15, -0.1) is 5.10 Å². The maximum atomic E-state index is 10.1. The van der Waals surface area contributed by atoms with E-state index in [2.05, 4.69) is 64.7 Å². The van der Waals surface area contributed by atoms with Crippen LogP contribution in [-0.2, 0) is 9.47 Å². The van der Waals surface area contributed by atoms with E-state index in [0.29, 0.717) is 58.4 Å². The van der Waals surface area contributed by atoms with Gasteiger partial charge in [0, 0.05) is 50.4 Å². The van der Waals surface area contributed by atoms with Gasteiger partial charge in [-0.1, -0.05) is 0 Å². The Morgan fingerprint density at radius 2 is 1.29 bits per heavy atom. The van der Waals surface area contributed by atoms with E-state index in [1.807, 2.05) is 31.5 Å². The van der Waals surface area contributed by atoms with Gasteiger partial charge in [0.05, 0.1) is 104 Å². The van der Waals surface area contributed by atoms with Crippen molar-refractivity contribution in [3.63, 3.8) is 0 Å². The third-order valence-electron chi connectivity index (χ3n) is 15.2. The molecule has 5 atom stereocenters. The van der Waals surface area contributed by atoms with Crippen molar-refractivity contribution < 1.29 is 23.7 Å². The van der Waals surface area contributed by atoms with Crippen molar-refractivity contribution in [3.8, 4) is 29.4 Å². The van der Waals surface area contributed by atoms with Crippen molar-refractivity contribution in [2.75, 3.05) is 53.3 Å². The second kappa shape index (κ2) is 18.2. The van der Waals surface area contributed by atoms with Gasteiger partial charge in [-0.05, 0) is 89.7 Å². The zero-order valence-electron chi connectivity index (χ0n) is 38.9. The lowest BCUT2D eigenvalue weighted by atomic mass is 9.90. The third-order valence-corrected chi connectivity index (χ3v) is 15.2. The Morgan fingerprint density at radius 1 is 0.696 bits per heavy atom. The molecule has 2 aliphatic carbocycles. The molecule has 6 aromatic heterocycles. The van der Waals surface area contributed by atoms with Crippen molar-refractivity contribution >= 4 is 34.2 Å². The molecule has 0 amide bonds. The molecule has 19 heteroatoms. The molecule has 1 N–H and O–H groups in total. The second-order valence-corrected chi connectivity index (χ2v) is 19.6. The van der Waals surface area contributed by atoms with Crippen molar-refractivity contribution in [1.82, 2.24) is 39.4 Å². The number of anilines is 4. The second-order valence-electron chi connectivity index (χ2n) is 19.6. The van der Waals surface area contributed by atoms with Gasteiger partial charge in [0.15, 0.2) is 5.75 Å². The standard InChI is InChI=1S/C50H56N14O5/c1-30-3-14-47(59-58-30)57-33-4-8-37(9-5-33)67-45-16-36(25-63-49(45)32(19-52)21-56-63)61-28-41-17-43(46(29-61)69-41)64(50-53-22-42(65-2)23-54-50)34-6-10-38(11-7-34)68-44-15-35(24-62-48(44)31(18-51)20-55-62)60-26-39-12-13-40(27-60)66-39/h3,14-16,20-25,33-34,37-41,43,46H,4-13,17,26-29H2,1-2H3,(H,57,59). The molecular formula is C50H56N14O5. The molecule has 4 bridgehead atoms. The highest BCUT2D eigenvalue weighted by Gasteiger charge is 2.47. The Balaban J connectivity index is 0.759. The van der Waals surface area contributed by atoms with Crippen molar-refractivity contribution in [2.45, 2.75) is 132 Å². The van der Waals surface area contributed by atoms with Crippen LogP contribution in [0.15, 0.2) is 61.4 Å². The molecule has 19 nitrogen and oxygen atoms in total. The van der Waals surface area contributed by atoms with E-state index >= 15 is 0 Å². The number of hydrogen-bond donors (Lipinski definition) is 1. The van der Waals surface area contributed by atoms with Crippen molar-refractivity contribution in [2.24, 2.45) is 0 Å². The number of nitrogens with one attached hydrogen (secondary N) is 1. The lowest BCUT2D eigenvalue weighted by Gasteiger charge is -2.42. The van der Waals surface area contributed by atoms with Gasteiger partial charge in [-0.2, -0.15) is 25.8 Å². The van der Waals surface area contributed by atoms with Gasteiger partial charge in [-0.3, -0.25) is 0 Å². The summed E-state index contributed by atoms with van der Waals surface area (Å²) in [7, 11) is 1.63. The first-order valence-corrected chi connectivity index (χ1v) is 24.5. The zero-order chi connectivity index (χ0) is 46.6. The number of nitriles is 2. The Morgan fingerprint density at radius 3 is 1.87 bits per heavy atom. The van der Waals surface area contributed by atoms with Crippen LogP contribution < -0.4 is 34.2 Å². The molecule has 4 aliphatic heterocycles. The fourth-order valence-corrected chi connectivity index (χ4v) is 11.7. The number of fused-ring (bicyclic) bond motifs is 6. The van der Waals surface area contributed by atoms with Gasteiger partial charge in [0.25, 0.3) is 0 Å². The molecule has 0 aromatic carbocycles. The fraction of sp³-hybridized carbons (Fsp3) is 0.520. The molecule has 356 valence electrons. The lowest BCUT2D eigenvalue weighted by Crippen LogP contribution is -2.53. The molecule has 69 heavy (non-hydrogen) atoms. The van der Waals surface area contributed by atoms with Crippen molar-refractivity contribution in [1.29, 1.82) is 10.5 Å². The lowest BCUT2D eigenvalue weighted by molar-refractivity contribution is 0.0253. The van der Waals surface area contributed by atoms with E-state index in [1.54, 1.807) is 40.9 Å². The van der Waals surface area contributed by atoms with E-state index in [-0.39, 0.29) is 54.7 Å². The highest BCUT2D eigenvalue weighted by molar-refractivity contribution is 5.74. The average molecular weight is 933 g/mol. The highest BCUT2D eigenvalue weighted by Crippen LogP contribution is 2.41. The molecule has 5 unspecified atom stereocenters. The monoisotopic (exact) mass is 932 g/mol. The number of pyridine rings is 2. The van der Waals surface area contributed by atoms with E-state index < -0.39 is 0 Å². The number of nitrogens with zero attached hydrogens (tertiary/aromatic N) is 13. The molecule has 4 saturated heterocycles. The maximum Gasteiger partial charge on any atom is 0.226 e. The minimum absolute atomic E-state index is 0.00571. The number of methoxy groups -OCH3 is 1. The first-order valence-electron chi connectivity index (χ1n) is 24.5. The van der Waals surface area contributed by atoms with Crippen LogP contribution in [0.1, 0.15) is 87.4 Å². The minimum atomic E-state index is -0.130. The predicted molar refractivity (Wildman–Crippen MR) is 254 cm³/mol. The van der Waals surface area contributed by atoms with E-state index in [0.717, 1.165) is 107 Å². The van der Waals surface area contributed by atoms with Gasteiger partial charge in [-0.25, -0.2) is 19.0 Å². The first-order chi connectivity index (χ1) is 33.8. The van der Waals surface area contributed by atoms with Crippen LogP contribution in [0, 0.1) is 29.6 Å². The van der Waals surface area contributed by atoms with Crippen LogP contribution in [0.3, 0.4) is 0 Å². The van der Waals surface area contributed by atoms with E-state index in [1.165, 1.54) is 0 Å². The SMILES string of the molecule is COc1cnc(N(C2CCC(Oc3cc(N4CC5CCC(C4)O5)cn4ncc(C#N)c34)CC2)C2CC3CN(c4cc(OC5CCC(Nc6ccc(C)nn6)CC5)c5c(C#N)cnn5c4)CC2O3)nc1. The van der Waals surface area contributed by atoms with Crippen LogP contribution in [0.4, 0.5) is 23.1 Å². The average Bonchev–Trinajstić information content (AvgIpc) is 4.16. The summed E-state index contributed by atoms with van der Waals surface area (Å²) in [6, 6.07) is 13.2. The summed E-state index contributed by atoms with van der Waals surface area (Å²) in [5, 5.41) is 41.4. The molecule has 0 spiro atoms. The number of ether oxygens (including phenoxy) is 5. The van der Waals surface area contributed by atoms with Crippen LogP contribution in [0.2, 0.25) is 0 Å². The number of hydrogen-bond acceptors (Lipinski definition) is 17. The number of rotatable bonds is 12. The van der Waals surface area contributed by atoms with Gasteiger partial charge in [0.2, 0.25) is 5.95 Å². The van der Waals surface area contributed by atoms with Crippen LogP contribution in [-0.4, -0.2) is 127 Å². The Hall–Kier alpha value is -6.96. The summed E-state index contributed by atoms with van der Waals surface area (Å²) in [6.07, 6.45) is 20.9. The summed E-state index contributed by atoms with van der Waals surface area (Å²) in [4.78, 5) is 16.9. The molecule has 12 rings (SSSR count).